The largest absolute Gasteiger partial charge is 0.418 e. The molecule has 1 rings (SSSR count). The Bertz CT molecular complexity index is 309. The SMILES string of the molecule is CSc1cccc(Cl)c1C(F)(F)F. The predicted molar refractivity (Wildman–Crippen MR) is 48.2 cm³/mol. The van der Waals surface area contributed by atoms with Gasteiger partial charge in [0, 0.05) is 4.90 Å². The number of hydrogen-bond acceptors (Lipinski definition) is 1. The standard InChI is InChI=1S/C8H6ClF3S/c1-13-6-4-2-3-5(9)7(6)8(10,11)12/h2-4H,1H3. The van der Waals surface area contributed by atoms with Gasteiger partial charge in [0.25, 0.3) is 0 Å². The number of halogens is 4. The highest BCUT2D eigenvalue weighted by molar-refractivity contribution is 7.98. The molecular weight excluding hydrogens is 221 g/mol. The molecule has 5 heteroatoms. The topological polar surface area (TPSA) is 0 Å². The van der Waals surface area contributed by atoms with Crippen LogP contribution in [0, 0.1) is 0 Å². The molecule has 0 aromatic heterocycles. The van der Waals surface area contributed by atoms with Crippen molar-refractivity contribution >= 4 is 23.4 Å². The maximum absolute atomic E-state index is 12.4. The lowest BCUT2D eigenvalue weighted by molar-refractivity contribution is -0.139. The van der Waals surface area contributed by atoms with Gasteiger partial charge in [-0.25, -0.2) is 0 Å². The van der Waals surface area contributed by atoms with Crippen molar-refractivity contribution in [3.05, 3.63) is 28.8 Å². The molecule has 13 heavy (non-hydrogen) atoms. The van der Waals surface area contributed by atoms with Gasteiger partial charge in [-0.05, 0) is 18.4 Å². The lowest BCUT2D eigenvalue weighted by Crippen LogP contribution is -2.07. The van der Waals surface area contributed by atoms with Crippen molar-refractivity contribution in [3.8, 4) is 0 Å². The van der Waals surface area contributed by atoms with E-state index in [9.17, 15) is 13.2 Å². The summed E-state index contributed by atoms with van der Waals surface area (Å²) in [6.07, 6.45) is -2.79. The van der Waals surface area contributed by atoms with Gasteiger partial charge in [-0.2, -0.15) is 13.2 Å². The molecule has 1 aromatic rings. The summed E-state index contributed by atoms with van der Waals surface area (Å²) < 4.78 is 37.2. The Morgan fingerprint density at radius 1 is 1.31 bits per heavy atom. The first-order chi connectivity index (χ1) is 5.96. The van der Waals surface area contributed by atoms with E-state index in [4.69, 9.17) is 11.6 Å². The van der Waals surface area contributed by atoms with Gasteiger partial charge in [-0.15, -0.1) is 11.8 Å². The highest BCUT2D eigenvalue weighted by atomic mass is 35.5. The van der Waals surface area contributed by atoms with E-state index in [1.807, 2.05) is 0 Å². The van der Waals surface area contributed by atoms with Gasteiger partial charge < -0.3 is 0 Å². The van der Waals surface area contributed by atoms with Crippen LogP contribution in [0.2, 0.25) is 5.02 Å². The second kappa shape index (κ2) is 3.80. The van der Waals surface area contributed by atoms with Crippen LogP contribution in [0.25, 0.3) is 0 Å². The van der Waals surface area contributed by atoms with Crippen LogP contribution in [0.5, 0.6) is 0 Å². The number of rotatable bonds is 1. The molecule has 0 atom stereocenters. The Kier molecular flexibility index (Phi) is 3.14. The fourth-order valence-electron chi connectivity index (χ4n) is 0.950. The second-order valence-electron chi connectivity index (χ2n) is 2.31. The van der Waals surface area contributed by atoms with Crippen LogP contribution < -0.4 is 0 Å². The summed E-state index contributed by atoms with van der Waals surface area (Å²) in [6, 6.07) is 4.15. The van der Waals surface area contributed by atoms with Crippen molar-refractivity contribution in [2.45, 2.75) is 11.1 Å². The zero-order valence-corrected chi connectivity index (χ0v) is 8.22. The number of hydrogen-bond donors (Lipinski definition) is 0. The molecule has 0 aliphatic carbocycles. The Labute approximate surface area is 83.1 Å². The van der Waals surface area contributed by atoms with E-state index in [2.05, 4.69) is 0 Å². The third-order valence-corrected chi connectivity index (χ3v) is 2.57. The molecule has 0 aliphatic rings. The van der Waals surface area contributed by atoms with Crippen molar-refractivity contribution in [1.29, 1.82) is 0 Å². The highest BCUT2D eigenvalue weighted by Gasteiger charge is 2.35. The van der Waals surface area contributed by atoms with Crippen molar-refractivity contribution < 1.29 is 13.2 Å². The zero-order valence-electron chi connectivity index (χ0n) is 6.65. The summed E-state index contributed by atoms with van der Waals surface area (Å²) in [4.78, 5) is 0.153. The average Bonchev–Trinajstić information content (AvgIpc) is 2.01. The molecule has 0 amide bonds. The molecule has 0 unspecified atom stereocenters. The van der Waals surface area contributed by atoms with E-state index in [1.165, 1.54) is 18.2 Å². The molecule has 0 spiro atoms. The predicted octanol–water partition coefficient (Wildman–Crippen LogP) is 4.08. The minimum absolute atomic E-state index is 0.153. The number of benzene rings is 1. The third kappa shape index (κ3) is 2.31. The van der Waals surface area contributed by atoms with Crippen LogP contribution in [0.1, 0.15) is 5.56 Å². The van der Waals surface area contributed by atoms with Gasteiger partial charge in [0.05, 0.1) is 10.6 Å². The molecule has 72 valence electrons. The molecule has 0 saturated carbocycles. The summed E-state index contributed by atoms with van der Waals surface area (Å²) in [5.41, 5.74) is -0.746. The first-order valence-electron chi connectivity index (χ1n) is 3.36. The minimum atomic E-state index is -4.38. The third-order valence-electron chi connectivity index (χ3n) is 1.48. The monoisotopic (exact) mass is 226 g/mol. The number of thioether (sulfide) groups is 1. The molecule has 1 aromatic carbocycles. The summed E-state index contributed by atoms with van der Waals surface area (Å²) in [5.74, 6) is 0. The second-order valence-corrected chi connectivity index (χ2v) is 3.57. The van der Waals surface area contributed by atoms with E-state index >= 15 is 0 Å². The molecule has 0 aliphatic heterocycles. The van der Waals surface area contributed by atoms with Crippen molar-refractivity contribution in [2.75, 3.05) is 6.26 Å². The minimum Gasteiger partial charge on any atom is -0.166 e. The first kappa shape index (κ1) is 10.7. The van der Waals surface area contributed by atoms with Crippen LogP contribution in [0.15, 0.2) is 23.1 Å². The summed E-state index contributed by atoms with van der Waals surface area (Å²) in [7, 11) is 0. The Morgan fingerprint density at radius 3 is 2.31 bits per heavy atom. The molecule has 0 N–H and O–H groups in total. The summed E-state index contributed by atoms with van der Waals surface area (Å²) in [6.45, 7) is 0. The van der Waals surface area contributed by atoms with Gasteiger partial charge in [-0.1, -0.05) is 17.7 Å². The zero-order chi connectivity index (χ0) is 10.1. The fourth-order valence-corrected chi connectivity index (χ4v) is 1.93. The van der Waals surface area contributed by atoms with Gasteiger partial charge in [0.2, 0.25) is 0 Å². The Balaban J connectivity index is 3.32. The Hall–Kier alpha value is -0.350. The van der Waals surface area contributed by atoms with Gasteiger partial charge in [0.1, 0.15) is 0 Å². The smallest absolute Gasteiger partial charge is 0.166 e. The van der Waals surface area contributed by atoms with E-state index in [1.54, 1.807) is 6.26 Å². The summed E-state index contributed by atoms with van der Waals surface area (Å²) >= 11 is 6.49. The molecule has 0 fully saturated rings. The average molecular weight is 227 g/mol. The molecular formula is C8H6ClF3S. The van der Waals surface area contributed by atoms with Crippen LogP contribution in [-0.2, 0) is 6.18 Å². The molecule has 0 bridgehead atoms. The van der Waals surface area contributed by atoms with Crippen LogP contribution >= 0.6 is 23.4 Å². The number of alkyl halides is 3. The molecule has 0 heterocycles. The van der Waals surface area contributed by atoms with E-state index < -0.39 is 11.7 Å². The van der Waals surface area contributed by atoms with Crippen molar-refractivity contribution in [2.24, 2.45) is 0 Å². The Morgan fingerprint density at radius 2 is 1.92 bits per heavy atom. The van der Waals surface area contributed by atoms with Crippen LogP contribution in [-0.4, -0.2) is 6.26 Å². The van der Waals surface area contributed by atoms with E-state index in [0.29, 0.717) is 0 Å². The first-order valence-corrected chi connectivity index (χ1v) is 4.97. The molecule has 0 saturated heterocycles. The lowest BCUT2D eigenvalue weighted by Gasteiger charge is -2.12. The maximum Gasteiger partial charge on any atom is 0.418 e. The normalized spacial score (nSPS) is 11.8. The molecule has 0 nitrogen and oxygen atoms in total. The quantitative estimate of drug-likeness (QED) is 0.651. The van der Waals surface area contributed by atoms with Gasteiger partial charge in [-0.3, -0.25) is 0 Å². The molecule has 0 radical (unpaired) electrons. The van der Waals surface area contributed by atoms with E-state index in [0.717, 1.165) is 11.8 Å². The van der Waals surface area contributed by atoms with Crippen molar-refractivity contribution in [1.82, 2.24) is 0 Å². The fraction of sp³-hybridized carbons (Fsp3) is 0.250. The van der Waals surface area contributed by atoms with Crippen LogP contribution in [0.4, 0.5) is 13.2 Å². The lowest BCUT2D eigenvalue weighted by atomic mass is 10.2. The van der Waals surface area contributed by atoms with Crippen LogP contribution in [0.3, 0.4) is 0 Å². The van der Waals surface area contributed by atoms with Crippen molar-refractivity contribution in [3.63, 3.8) is 0 Å². The van der Waals surface area contributed by atoms with E-state index in [-0.39, 0.29) is 9.92 Å². The highest BCUT2D eigenvalue weighted by Crippen LogP contribution is 2.40. The van der Waals surface area contributed by atoms with Gasteiger partial charge >= 0.3 is 6.18 Å². The summed E-state index contributed by atoms with van der Waals surface area (Å²) in [5, 5.41) is -0.251. The van der Waals surface area contributed by atoms with Gasteiger partial charge in [0.15, 0.2) is 0 Å². The maximum atomic E-state index is 12.4.